The average Bonchev–Trinajstić information content (AvgIpc) is 2.62. The molecule has 1 aromatic rings. The molecule has 0 saturated carbocycles. The maximum absolute atomic E-state index is 5.11. The molecular weight excluding hydrogens is 413 g/mol. The third kappa shape index (κ3) is 5.92. The number of nitrogens with one attached hydrogen (secondary N) is 1. The maximum atomic E-state index is 5.11. The molecular formula is C19H32IN3O. The Labute approximate surface area is 164 Å². The number of ether oxygens (including phenoxy) is 1. The number of guanidine groups is 1. The summed E-state index contributed by atoms with van der Waals surface area (Å²) in [6.45, 7) is 6.16. The molecule has 1 saturated heterocycles. The number of piperidine rings is 1. The Bertz CT molecular complexity index is 481. The van der Waals surface area contributed by atoms with Crippen LogP contribution in [0.2, 0.25) is 0 Å². The van der Waals surface area contributed by atoms with Crippen molar-refractivity contribution in [2.24, 2.45) is 10.9 Å². The largest absolute Gasteiger partial charge is 0.385 e. The van der Waals surface area contributed by atoms with Crippen LogP contribution in [0.1, 0.15) is 37.7 Å². The Morgan fingerprint density at radius 3 is 2.71 bits per heavy atom. The molecule has 1 heterocycles. The molecule has 0 aliphatic carbocycles. The maximum Gasteiger partial charge on any atom is 0.193 e. The zero-order valence-electron chi connectivity index (χ0n) is 15.2. The standard InChI is InChI=1S/C19H31N3O.HI/c1-4-16-15-22(19(20-2)21-12-8-14-23-3)13-11-18(16)17-9-6-5-7-10-17;/h5-7,9-10,16,18H,4,8,11-15H2,1-3H3,(H,20,21);1H. The highest BCUT2D eigenvalue weighted by Gasteiger charge is 2.30. The van der Waals surface area contributed by atoms with Gasteiger partial charge in [-0.2, -0.15) is 0 Å². The van der Waals surface area contributed by atoms with E-state index < -0.39 is 0 Å². The molecule has 0 radical (unpaired) electrons. The van der Waals surface area contributed by atoms with Crippen molar-refractivity contribution in [3.05, 3.63) is 35.9 Å². The first-order chi connectivity index (χ1) is 11.3. The van der Waals surface area contributed by atoms with Crippen molar-refractivity contribution in [2.45, 2.75) is 32.1 Å². The summed E-state index contributed by atoms with van der Waals surface area (Å²) in [6, 6.07) is 11.0. The molecule has 0 aromatic heterocycles. The smallest absolute Gasteiger partial charge is 0.193 e. The number of halogens is 1. The van der Waals surface area contributed by atoms with E-state index in [1.165, 1.54) is 18.4 Å². The summed E-state index contributed by atoms with van der Waals surface area (Å²) >= 11 is 0. The lowest BCUT2D eigenvalue weighted by Crippen LogP contribution is -2.48. The molecule has 1 aliphatic rings. The molecule has 1 aliphatic heterocycles. The van der Waals surface area contributed by atoms with Crippen LogP contribution in [0.5, 0.6) is 0 Å². The molecule has 0 bridgehead atoms. The van der Waals surface area contributed by atoms with Crippen LogP contribution in [0.4, 0.5) is 0 Å². The van der Waals surface area contributed by atoms with E-state index in [4.69, 9.17) is 4.74 Å². The van der Waals surface area contributed by atoms with E-state index in [0.29, 0.717) is 11.8 Å². The lowest BCUT2D eigenvalue weighted by molar-refractivity contribution is 0.193. The van der Waals surface area contributed by atoms with Crippen LogP contribution in [-0.4, -0.2) is 51.3 Å². The minimum absolute atomic E-state index is 0. The van der Waals surface area contributed by atoms with Gasteiger partial charge in [-0.25, -0.2) is 0 Å². The van der Waals surface area contributed by atoms with E-state index in [9.17, 15) is 0 Å². The Balaban J connectivity index is 0.00000288. The van der Waals surface area contributed by atoms with Crippen LogP contribution in [0, 0.1) is 5.92 Å². The van der Waals surface area contributed by atoms with Gasteiger partial charge in [-0.05, 0) is 30.2 Å². The number of hydrogen-bond acceptors (Lipinski definition) is 2. The van der Waals surface area contributed by atoms with Crippen LogP contribution >= 0.6 is 24.0 Å². The number of hydrogen-bond donors (Lipinski definition) is 1. The normalized spacial score (nSPS) is 21.3. The third-order valence-electron chi connectivity index (χ3n) is 4.81. The molecule has 1 fully saturated rings. The molecule has 24 heavy (non-hydrogen) atoms. The number of aliphatic imine (C=N–C) groups is 1. The van der Waals surface area contributed by atoms with Crippen molar-refractivity contribution in [2.75, 3.05) is 40.4 Å². The van der Waals surface area contributed by atoms with Crippen molar-refractivity contribution in [1.82, 2.24) is 10.2 Å². The van der Waals surface area contributed by atoms with E-state index >= 15 is 0 Å². The number of likely N-dealkylation sites (tertiary alicyclic amines) is 1. The second-order valence-electron chi connectivity index (χ2n) is 6.24. The fourth-order valence-electron chi connectivity index (χ4n) is 3.53. The predicted octanol–water partition coefficient (Wildman–Crippen LogP) is 3.73. The van der Waals surface area contributed by atoms with Crippen LogP contribution in [0.25, 0.3) is 0 Å². The molecule has 0 spiro atoms. The van der Waals surface area contributed by atoms with Crippen molar-refractivity contribution < 1.29 is 4.74 Å². The monoisotopic (exact) mass is 445 g/mol. The van der Waals surface area contributed by atoms with E-state index in [2.05, 4.69) is 52.5 Å². The number of rotatable bonds is 6. The second-order valence-corrected chi connectivity index (χ2v) is 6.24. The Kier molecular flexibility index (Phi) is 10.3. The van der Waals surface area contributed by atoms with Gasteiger partial charge in [0.2, 0.25) is 0 Å². The molecule has 1 aromatic carbocycles. The van der Waals surface area contributed by atoms with Crippen molar-refractivity contribution in [3.63, 3.8) is 0 Å². The third-order valence-corrected chi connectivity index (χ3v) is 4.81. The molecule has 1 N–H and O–H groups in total. The van der Waals surface area contributed by atoms with Crippen molar-refractivity contribution in [1.29, 1.82) is 0 Å². The molecule has 2 unspecified atom stereocenters. The van der Waals surface area contributed by atoms with Crippen LogP contribution in [0.15, 0.2) is 35.3 Å². The summed E-state index contributed by atoms with van der Waals surface area (Å²) in [6.07, 6.45) is 3.41. The summed E-state index contributed by atoms with van der Waals surface area (Å²) in [5.41, 5.74) is 1.49. The number of nitrogens with zero attached hydrogens (tertiary/aromatic N) is 2. The fraction of sp³-hybridized carbons (Fsp3) is 0.632. The van der Waals surface area contributed by atoms with E-state index in [1.807, 2.05) is 7.05 Å². The lowest BCUT2D eigenvalue weighted by Gasteiger charge is -2.40. The molecule has 2 rings (SSSR count). The average molecular weight is 445 g/mol. The predicted molar refractivity (Wildman–Crippen MR) is 112 cm³/mol. The summed E-state index contributed by atoms with van der Waals surface area (Å²) < 4.78 is 5.11. The van der Waals surface area contributed by atoms with Gasteiger partial charge in [-0.15, -0.1) is 24.0 Å². The van der Waals surface area contributed by atoms with Gasteiger partial charge >= 0.3 is 0 Å². The summed E-state index contributed by atoms with van der Waals surface area (Å²) in [5, 5.41) is 3.47. The highest BCUT2D eigenvalue weighted by Crippen LogP contribution is 2.34. The zero-order valence-corrected chi connectivity index (χ0v) is 17.5. The fourth-order valence-corrected chi connectivity index (χ4v) is 3.53. The highest BCUT2D eigenvalue weighted by molar-refractivity contribution is 14.0. The van der Waals surface area contributed by atoms with Crippen LogP contribution in [-0.2, 0) is 4.74 Å². The number of methoxy groups -OCH3 is 1. The number of benzene rings is 1. The van der Waals surface area contributed by atoms with Gasteiger partial charge in [0, 0.05) is 40.4 Å². The SMILES string of the molecule is CCC1CN(C(=NC)NCCCOC)CCC1c1ccccc1.I. The summed E-state index contributed by atoms with van der Waals surface area (Å²) in [5.74, 6) is 2.39. The first-order valence-electron chi connectivity index (χ1n) is 8.79. The molecule has 2 atom stereocenters. The van der Waals surface area contributed by atoms with E-state index in [0.717, 1.165) is 38.6 Å². The first-order valence-corrected chi connectivity index (χ1v) is 8.79. The topological polar surface area (TPSA) is 36.9 Å². The van der Waals surface area contributed by atoms with Gasteiger partial charge in [0.1, 0.15) is 0 Å². The molecule has 5 heteroatoms. The Morgan fingerprint density at radius 2 is 2.08 bits per heavy atom. The van der Waals surface area contributed by atoms with E-state index in [-0.39, 0.29) is 24.0 Å². The van der Waals surface area contributed by atoms with Gasteiger partial charge < -0.3 is 15.0 Å². The molecule has 0 amide bonds. The van der Waals surface area contributed by atoms with Gasteiger partial charge in [0.15, 0.2) is 5.96 Å². The Morgan fingerprint density at radius 1 is 1.33 bits per heavy atom. The van der Waals surface area contributed by atoms with Gasteiger partial charge in [0.05, 0.1) is 0 Å². The zero-order chi connectivity index (χ0) is 16.5. The van der Waals surface area contributed by atoms with E-state index in [1.54, 1.807) is 7.11 Å². The van der Waals surface area contributed by atoms with Gasteiger partial charge in [0.25, 0.3) is 0 Å². The van der Waals surface area contributed by atoms with Crippen molar-refractivity contribution >= 4 is 29.9 Å². The lowest BCUT2D eigenvalue weighted by atomic mass is 9.79. The molecule has 136 valence electrons. The van der Waals surface area contributed by atoms with Gasteiger partial charge in [-0.1, -0.05) is 43.7 Å². The minimum atomic E-state index is 0. The van der Waals surface area contributed by atoms with Gasteiger partial charge in [-0.3, -0.25) is 4.99 Å². The van der Waals surface area contributed by atoms with Crippen LogP contribution in [0.3, 0.4) is 0 Å². The first kappa shape index (κ1) is 21.2. The van der Waals surface area contributed by atoms with Crippen LogP contribution < -0.4 is 5.32 Å². The summed E-state index contributed by atoms with van der Waals surface area (Å²) in [4.78, 5) is 6.88. The Hall–Kier alpha value is -0.820. The minimum Gasteiger partial charge on any atom is -0.385 e. The molecule has 4 nitrogen and oxygen atoms in total. The quantitative estimate of drug-likeness (QED) is 0.314. The highest BCUT2D eigenvalue weighted by atomic mass is 127. The summed E-state index contributed by atoms with van der Waals surface area (Å²) in [7, 11) is 3.62. The second kappa shape index (κ2) is 11.7. The van der Waals surface area contributed by atoms with Crippen molar-refractivity contribution in [3.8, 4) is 0 Å².